The first-order valence-corrected chi connectivity index (χ1v) is 7.55. The van der Waals surface area contributed by atoms with Gasteiger partial charge in [0.2, 0.25) is 0 Å². The maximum Gasteiger partial charge on any atom is 0.408 e. The molecule has 23 heavy (non-hydrogen) atoms. The lowest BCUT2D eigenvalue weighted by atomic mass is 10.1. The highest BCUT2D eigenvalue weighted by Crippen LogP contribution is 2.20. The van der Waals surface area contributed by atoms with Gasteiger partial charge in [-0.1, -0.05) is 17.7 Å². The molecule has 1 rings (SSSR count). The van der Waals surface area contributed by atoms with Gasteiger partial charge in [0.05, 0.1) is 6.04 Å². The van der Waals surface area contributed by atoms with Crippen LogP contribution in [-0.4, -0.2) is 30.3 Å². The molecule has 0 aliphatic carbocycles. The minimum Gasteiger partial charge on any atom is -0.475 e. The molecule has 6 nitrogen and oxygen atoms in total. The lowest BCUT2D eigenvalue weighted by Gasteiger charge is -2.23. The zero-order valence-electron chi connectivity index (χ0n) is 14.4. The van der Waals surface area contributed by atoms with Crippen molar-refractivity contribution in [3.8, 4) is 5.75 Å². The minimum absolute atomic E-state index is 0.149. The highest BCUT2D eigenvalue weighted by Gasteiger charge is 2.21. The first-order valence-electron chi connectivity index (χ1n) is 7.55. The van der Waals surface area contributed by atoms with E-state index >= 15 is 0 Å². The zero-order valence-corrected chi connectivity index (χ0v) is 14.4. The maximum atomic E-state index is 11.7. The Morgan fingerprint density at radius 1 is 1.35 bits per heavy atom. The van der Waals surface area contributed by atoms with Crippen molar-refractivity contribution >= 4 is 12.4 Å². The average molecular weight is 322 g/mol. The fourth-order valence-corrected chi connectivity index (χ4v) is 2.00. The maximum absolute atomic E-state index is 11.7. The smallest absolute Gasteiger partial charge is 0.408 e. The highest BCUT2D eigenvalue weighted by atomic mass is 16.6. The Kier molecular flexibility index (Phi) is 6.57. The van der Waals surface area contributed by atoms with Crippen LogP contribution in [0.25, 0.3) is 0 Å². The summed E-state index contributed by atoms with van der Waals surface area (Å²) in [6.07, 6.45) is -0.611. The molecular formula is C17H26N2O4. The Morgan fingerprint density at radius 2 is 2.00 bits per heavy atom. The summed E-state index contributed by atoms with van der Waals surface area (Å²) in [6, 6.07) is 4.97. The molecule has 0 saturated carbocycles. The number of aryl methyl sites for hydroxylation is 2. The Balaban J connectivity index is 2.57. The molecule has 0 heterocycles. The summed E-state index contributed by atoms with van der Waals surface area (Å²) in [5, 5.41) is 2.47. The normalized spacial score (nSPS) is 13.8. The van der Waals surface area contributed by atoms with Crippen LogP contribution in [0.5, 0.6) is 5.75 Å². The number of nitrogens with two attached hydrogens (primary N) is 1. The number of benzene rings is 1. The molecule has 1 aromatic carbocycles. The van der Waals surface area contributed by atoms with Crippen molar-refractivity contribution in [2.75, 3.05) is 0 Å². The van der Waals surface area contributed by atoms with E-state index in [9.17, 15) is 9.59 Å². The van der Waals surface area contributed by atoms with Gasteiger partial charge < -0.3 is 19.6 Å². The molecule has 2 atom stereocenters. The summed E-state index contributed by atoms with van der Waals surface area (Å²) in [5.74, 6) is 0.657. The van der Waals surface area contributed by atoms with Crippen LogP contribution in [0.4, 0.5) is 4.79 Å². The molecule has 0 fully saturated rings. The monoisotopic (exact) mass is 322 g/mol. The number of carbonyl (C=O) groups excluding carboxylic acids is 2. The third kappa shape index (κ3) is 7.15. The van der Waals surface area contributed by atoms with Crippen molar-refractivity contribution in [2.45, 2.75) is 58.9 Å². The van der Waals surface area contributed by atoms with Crippen LogP contribution in [0.3, 0.4) is 0 Å². The van der Waals surface area contributed by atoms with Crippen LogP contribution < -0.4 is 15.8 Å². The van der Waals surface area contributed by atoms with Crippen LogP contribution in [0.1, 0.15) is 38.3 Å². The molecule has 2 unspecified atom stereocenters. The van der Waals surface area contributed by atoms with Gasteiger partial charge in [-0.25, -0.2) is 4.79 Å². The number of rotatable bonds is 6. The van der Waals surface area contributed by atoms with Gasteiger partial charge in [-0.2, -0.15) is 0 Å². The van der Waals surface area contributed by atoms with E-state index in [-0.39, 0.29) is 6.42 Å². The highest BCUT2D eigenvalue weighted by molar-refractivity contribution is 5.73. The Bertz CT molecular complexity index is 552. The number of hydrogen-bond donors (Lipinski definition) is 2. The second kappa shape index (κ2) is 7.97. The molecular weight excluding hydrogens is 296 g/mol. The van der Waals surface area contributed by atoms with E-state index in [1.165, 1.54) is 0 Å². The fourth-order valence-electron chi connectivity index (χ4n) is 2.00. The van der Waals surface area contributed by atoms with Crippen LogP contribution in [0, 0.1) is 13.8 Å². The van der Waals surface area contributed by atoms with Crippen molar-refractivity contribution in [3.63, 3.8) is 0 Å². The Morgan fingerprint density at radius 3 is 2.52 bits per heavy atom. The van der Waals surface area contributed by atoms with Gasteiger partial charge in [0, 0.05) is 6.42 Å². The summed E-state index contributed by atoms with van der Waals surface area (Å²) in [7, 11) is 0. The summed E-state index contributed by atoms with van der Waals surface area (Å²) in [6.45, 7) is 9.15. The molecule has 0 bridgehead atoms. The van der Waals surface area contributed by atoms with Crippen molar-refractivity contribution in [1.82, 2.24) is 5.32 Å². The summed E-state index contributed by atoms with van der Waals surface area (Å²) >= 11 is 0. The van der Waals surface area contributed by atoms with Gasteiger partial charge in [0.25, 0.3) is 0 Å². The third-order valence-corrected chi connectivity index (χ3v) is 2.96. The lowest BCUT2D eigenvalue weighted by Crippen LogP contribution is -2.44. The number of aldehydes is 1. The van der Waals surface area contributed by atoms with Crippen LogP contribution in [0.15, 0.2) is 18.2 Å². The molecule has 1 aromatic rings. The van der Waals surface area contributed by atoms with Crippen LogP contribution in [-0.2, 0) is 9.53 Å². The van der Waals surface area contributed by atoms with E-state index in [0.717, 1.165) is 11.1 Å². The van der Waals surface area contributed by atoms with E-state index in [0.29, 0.717) is 12.0 Å². The zero-order chi connectivity index (χ0) is 17.6. The van der Waals surface area contributed by atoms with Crippen molar-refractivity contribution in [1.29, 1.82) is 0 Å². The van der Waals surface area contributed by atoms with Gasteiger partial charge in [-0.3, -0.25) is 5.73 Å². The Hall–Kier alpha value is -2.08. The second-order valence-corrected chi connectivity index (χ2v) is 6.55. The van der Waals surface area contributed by atoms with E-state index in [1.54, 1.807) is 20.8 Å². The van der Waals surface area contributed by atoms with E-state index in [1.807, 2.05) is 32.0 Å². The van der Waals surface area contributed by atoms with Crippen LogP contribution in [0.2, 0.25) is 0 Å². The van der Waals surface area contributed by atoms with Crippen molar-refractivity contribution in [3.05, 3.63) is 29.3 Å². The van der Waals surface area contributed by atoms with E-state index in [2.05, 4.69) is 5.32 Å². The SMILES string of the molecule is Cc1ccc(OC(N)CC(C=O)NC(=O)OC(C)(C)C)c(C)c1. The number of ether oxygens (including phenoxy) is 2. The molecule has 0 aliphatic heterocycles. The molecule has 3 N–H and O–H groups in total. The standard InChI is InChI=1S/C17H26N2O4/c1-11-6-7-14(12(2)8-11)22-15(18)9-13(10-20)19-16(21)23-17(3,4)5/h6-8,10,13,15H,9,18H2,1-5H3,(H,19,21). The largest absolute Gasteiger partial charge is 0.475 e. The molecule has 0 aliphatic rings. The topological polar surface area (TPSA) is 90.6 Å². The number of hydrogen-bond acceptors (Lipinski definition) is 5. The Labute approximate surface area is 137 Å². The predicted molar refractivity (Wildman–Crippen MR) is 88.4 cm³/mol. The molecule has 6 heteroatoms. The molecule has 1 amide bonds. The van der Waals surface area contributed by atoms with Crippen molar-refractivity contribution in [2.24, 2.45) is 5.73 Å². The first kappa shape index (κ1) is 19.0. The average Bonchev–Trinajstić information content (AvgIpc) is 2.39. The number of nitrogens with one attached hydrogen (secondary N) is 1. The molecule has 0 spiro atoms. The van der Waals surface area contributed by atoms with Gasteiger partial charge >= 0.3 is 6.09 Å². The molecule has 0 radical (unpaired) electrons. The molecule has 0 saturated heterocycles. The number of carbonyl (C=O) groups is 2. The van der Waals surface area contributed by atoms with E-state index in [4.69, 9.17) is 15.2 Å². The van der Waals surface area contributed by atoms with E-state index < -0.39 is 24.0 Å². The molecule has 0 aromatic heterocycles. The third-order valence-electron chi connectivity index (χ3n) is 2.96. The summed E-state index contributed by atoms with van der Waals surface area (Å²) in [4.78, 5) is 22.8. The van der Waals surface area contributed by atoms with Crippen LogP contribution >= 0.6 is 0 Å². The van der Waals surface area contributed by atoms with Crippen molar-refractivity contribution < 1.29 is 19.1 Å². The summed E-state index contributed by atoms with van der Waals surface area (Å²) < 4.78 is 10.8. The lowest BCUT2D eigenvalue weighted by molar-refractivity contribution is -0.110. The minimum atomic E-state index is -0.773. The van der Waals surface area contributed by atoms with Gasteiger partial charge in [0.1, 0.15) is 23.9 Å². The summed E-state index contributed by atoms with van der Waals surface area (Å²) in [5.41, 5.74) is 7.38. The fraction of sp³-hybridized carbons (Fsp3) is 0.529. The quantitative estimate of drug-likeness (QED) is 0.620. The first-order chi connectivity index (χ1) is 10.6. The number of amides is 1. The van der Waals surface area contributed by atoms with Gasteiger partial charge in [-0.05, 0) is 46.2 Å². The molecule has 128 valence electrons. The second-order valence-electron chi connectivity index (χ2n) is 6.55. The predicted octanol–water partition coefficient (Wildman–Crippen LogP) is 2.45. The van der Waals surface area contributed by atoms with Gasteiger partial charge in [0.15, 0.2) is 0 Å². The number of alkyl carbamates (subject to hydrolysis) is 1. The van der Waals surface area contributed by atoms with Gasteiger partial charge in [-0.15, -0.1) is 0 Å².